The number of nitrogens with two attached hydrogens (primary N) is 1. The Morgan fingerprint density at radius 2 is 2.17 bits per heavy atom. The Labute approximate surface area is 115 Å². The fraction of sp³-hybridized carbons (Fsp3) is 0.417. The summed E-state index contributed by atoms with van der Waals surface area (Å²) < 4.78 is 13.4. The Kier molecular flexibility index (Phi) is 4.10. The summed E-state index contributed by atoms with van der Waals surface area (Å²) in [5.74, 6) is -0.602. The lowest BCUT2D eigenvalue weighted by Gasteiger charge is -2.17. The van der Waals surface area contributed by atoms with Gasteiger partial charge in [-0.05, 0) is 31.0 Å². The highest BCUT2D eigenvalue weighted by Crippen LogP contribution is 2.27. The van der Waals surface area contributed by atoms with Crippen LogP contribution in [0.5, 0.6) is 0 Å². The molecule has 0 bridgehead atoms. The lowest BCUT2D eigenvalue weighted by atomic mass is 10.1. The van der Waals surface area contributed by atoms with Gasteiger partial charge in [-0.15, -0.1) is 0 Å². The lowest BCUT2D eigenvalue weighted by molar-refractivity contribution is 0.0787. The number of carbonyl (C=O) groups is 1. The molecule has 3 nitrogen and oxygen atoms in total. The van der Waals surface area contributed by atoms with Crippen molar-refractivity contribution in [3.63, 3.8) is 0 Å². The maximum atomic E-state index is 13.4. The molecule has 0 spiro atoms. The summed E-state index contributed by atoms with van der Waals surface area (Å²) >= 11 is 11.5. The molecular weight excluding hydrogens is 278 g/mol. The SMILES string of the molecule is NC[C@H]1CCN(C(=O)c2cc(F)c(Cl)cc2Cl)C1. The highest BCUT2D eigenvalue weighted by atomic mass is 35.5. The fourth-order valence-corrected chi connectivity index (χ4v) is 2.53. The normalized spacial score (nSPS) is 19.3. The number of nitrogens with zero attached hydrogens (tertiary/aromatic N) is 1. The molecule has 0 radical (unpaired) electrons. The smallest absolute Gasteiger partial charge is 0.255 e. The van der Waals surface area contributed by atoms with Crippen molar-refractivity contribution in [2.24, 2.45) is 11.7 Å². The number of rotatable bonds is 2. The van der Waals surface area contributed by atoms with Gasteiger partial charge in [0.05, 0.1) is 15.6 Å². The van der Waals surface area contributed by atoms with E-state index in [1.807, 2.05) is 0 Å². The zero-order valence-electron chi connectivity index (χ0n) is 9.63. The first-order valence-corrected chi connectivity index (χ1v) is 6.42. The van der Waals surface area contributed by atoms with Gasteiger partial charge in [-0.25, -0.2) is 4.39 Å². The lowest BCUT2D eigenvalue weighted by Crippen LogP contribution is -2.30. The van der Waals surface area contributed by atoms with Crippen LogP contribution in [-0.4, -0.2) is 30.4 Å². The molecule has 2 N–H and O–H groups in total. The van der Waals surface area contributed by atoms with Crippen LogP contribution in [0.4, 0.5) is 4.39 Å². The van der Waals surface area contributed by atoms with Crippen molar-refractivity contribution >= 4 is 29.1 Å². The van der Waals surface area contributed by atoms with Crippen molar-refractivity contribution in [3.8, 4) is 0 Å². The van der Waals surface area contributed by atoms with E-state index in [-0.39, 0.29) is 21.5 Å². The Hall–Kier alpha value is -0.840. The number of halogens is 3. The van der Waals surface area contributed by atoms with E-state index in [2.05, 4.69) is 0 Å². The highest BCUT2D eigenvalue weighted by molar-refractivity contribution is 6.36. The maximum absolute atomic E-state index is 13.4. The van der Waals surface area contributed by atoms with Gasteiger partial charge in [-0.2, -0.15) is 0 Å². The van der Waals surface area contributed by atoms with Crippen LogP contribution in [0.2, 0.25) is 10.0 Å². The molecule has 1 atom stereocenters. The van der Waals surface area contributed by atoms with Gasteiger partial charge in [-0.3, -0.25) is 4.79 Å². The predicted molar refractivity (Wildman–Crippen MR) is 69.5 cm³/mol. The molecule has 1 heterocycles. The van der Waals surface area contributed by atoms with E-state index in [1.54, 1.807) is 4.90 Å². The van der Waals surface area contributed by atoms with Crippen LogP contribution in [0.25, 0.3) is 0 Å². The number of carbonyl (C=O) groups excluding carboxylic acids is 1. The fourth-order valence-electron chi connectivity index (χ4n) is 2.07. The Morgan fingerprint density at radius 3 is 2.78 bits per heavy atom. The summed E-state index contributed by atoms with van der Waals surface area (Å²) in [6.45, 7) is 1.77. The van der Waals surface area contributed by atoms with Crippen LogP contribution < -0.4 is 5.73 Å². The van der Waals surface area contributed by atoms with Crippen LogP contribution in [0.1, 0.15) is 16.8 Å². The molecule has 0 aliphatic carbocycles. The van der Waals surface area contributed by atoms with Gasteiger partial charge in [0.2, 0.25) is 0 Å². The number of likely N-dealkylation sites (tertiary alicyclic amines) is 1. The maximum Gasteiger partial charge on any atom is 0.255 e. The third-order valence-corrected chi connectivity index (χ3v) is 3.75. The van der Waals surface area contributed by atoms with Crippen molar-refractivity contribution < 1.29 is 9.18 Å². The van der Waals surface area contributed by atoms with E-state index < -0.39 is 5.82 Å². The summed E-state index contributed by atoms with van der Waals surface area (Å²) in [7, 11) is 0. The third kappa shape index (κ3) is 2.60. The summed E-state index contributed by atoms with van der Waals surface area (Å²) in [5, 5.41) is 0.0837. The highest BCUT2D eigenvalue weighted by Gasteiger charge is 2.27. The largest absolute Gasteiger partial charge is 0.338 e. The number of hydrogen-bond acceptors (Lipinski definition) is 2. The summed E-state index contributed by atoms with van der Waals surface area (Å²) in [4.78, 5) is 13.8. The molecule has 1 fully saturated rings. The molecular formula is C12H13Cl2FN2O. The monoisotopic (exact) mass is 290 g/mol. The zero-order valence-corrected chi connectivity index (χ0v) is 11.1. The number of amides is 1. The van der Waals surface area contributed by atoms with Gasteiger partial charge in [0.25, 0.3) is 5.91 Å². The van der Waals surface area contributed by atoms with E-state index in [4.69, 9.17) is 28.9 Å². The molecule has 0 aromatic heterocycles. The predicted octanol–water partition coefficient (Wildman–Crippen LogP) is 2.55. The molecule has 6 heteroatoms. The van der Waals surface area contributed by atoms with E-state index >= 15 is 0 Å². The molecule has 2 rings (SSSR count). The van der Waals surface area contributed by atoms with Crippen molar-refractivity contribution in [3.05, 3.63) is 33.6 Å². The molecule has 1 aliphatic heterocycles. The Morgan fingerprint density at radius 1 is 1.44 bits per heavy atom. The van der Waals surface area contributed by atoms with E-state index in [0.29, 0.717) is 25.6 Å². The average molecular weight is 291 g/mol. The molecule has 1 aromatic rings. The minimum absolute atomic E-state index is 0.0854. The minimum Gasteiger partial charge on any atom is -0.338 e. The van der Waals surface area contributed by atoms with Gasteiger partial charge in [0, 0.05) is 13.1 Å². The van der Waals surface area contributed by atoms with Crippen molar-refractivity contribution in [2.75, 3.05) is 19.6 Å². The van der Waals surface area contributed by atoms with Crippen molar-refractivity contribution in [2.45, 2.75) is 6.42 Å². The Bertz CT molecular complexity index is 481. The van der Waals surface area contributed by atoms with E-state index in [9.17, 15) is 9.18 Å². The first-order chi connectivity index (χ1) is 8.52. The van der Waals surface area contributed by atoms with Gasteiger partial charge >= 0.3 is 0 Å². The molecule has 0 unspecified atom stereocenters. The van der Waals surface area contributed by atoms with Gasteiger partial charge < -0.3 is 10.6 Å². The summed E-state index contributed by atoms with van der Waals surface area (Å²) in [5.41, 5.74) is 5.72. The standard InChI is InChI=1S/C12H13Cl2FN2O/c13-9-4-10(14)11(15)3-8(9)12(18)17-2-1-7(5-16)6-17/h3-4,7H,1-2,5-6,16H2/t7-/m1/s1. The summed E-state index contributed by atoms with van der Waals surface area (Å²) in [6.07, 6.45) is 0.871. The average Bonchev–Trinajstić information content (AvgIpc) is 2.81. The third-order valence-electron chi connectivity index (χ3n) is 3.15. The second-order valence-corrected chi connectivity index (χ2v) is 5.20. The van der Waals surface area contributed by atoms with E-state index in [1.165, 1.54) is 6.07 Å². The van der Waals surface area contributed by atoms with Crippen LogP contribution in [0.3, 0.4) is 0 Å². The van der Waals surface area contributed by atoms with Gasteiger partial charge in [0.15, 0.2) is 0 Å². The molecule has 1 aromatic carbocycles. The number of benzene rings is 1. The molecule has 98 valence electrons. The van der Waals surface area contributed by atoms with Gasteiger partial charge in [-0.1, -0.05) is 23.2 Å². The van der Waals surface area contributed by atoms with Crippen LogP contribution in [0, 0.1) is 11.7 Å². The second kappa shape index (κ2) is 5.43. The topological polar surface area (TPSA) is 46.3 Å². The summed E-state index contributed by atoms with van der Waals surface area (Å²) in [6, 6.07) is 2.34. The zero-order chi connectivity index (χ0) is 13.3. The van der Waals surface area contributed by atoms with Crippen molar-refractivity contribution in [1.82, 2.24) is 4.90 Å². The molecule has 1 saturated heterocycles. The molecule has 0 saturated carbocycles. The first-order valence-electron chi connectivity index (χ1n) is 5.66. The first kappa shape index (κ1) is 13.6. The van der Waals surface area contributed by atoms with E-state index in [0.717, 1.165) is 12.5 Å². The van der Waals surface area contributed by atoms with Gasteiger partial charge in [0.1, 0.15) is 5.82 Å². The quantitative estimate of drug-likeness (QED) is 0.851. The van der Waals surface area contributed by atoms with Crippen LogP contribution >= 0.6 is 23.2 Å². The van der Waals surface area contributed by atoms with Crippen LogP contribution in [-0.2, 0) is 0 Å². The Balaban J connectivity index is 2.22. The van der Waals surface area contributed by atoms with Crippen LogP contribution in [0.15, 0.2) is 12.1 Å². The molecule has 18 heavy (non-hydrogen) atoms. The molecule has 1 aliphatic rings. The number of hydrogen-bond donors (Lipinski definition) is 1. The second-order valence-electron chi connectivity index (χ2n) is 4.39. The molecule has 1 amide bonds. The van der Waals surface area contributed by atoms with Crippen molar-refractivity contribution in [1.29, 1.82) is 0 Å². The minimum atomic E-state index is -0.640.